The van der Waals surface area contributed by atoms with Gasteiger partial charge in [0.1, 0.15) is 6.61 Å². The van der Waals surface area contributed by atoms with Gasteiger partial charge in [0.25, 0.3) is 0 Å². The van der Waals surface area contributed by atoms with E-state index in [2.05, 4.69) is 6.92 Å². The fourth-order valence-corrected chi connectivity index (χ4v) is 2.32. The molecule has 1 heterocycles. The molecule has 2 atom stereocenters. The van der Waals surface area contributed by atoms with E-state index in [4.69, 9.17) is 9.84 Å². The van der Waals surface area contributed by atoms with E-state index in [9.17, 15) is 9.59 Å². The Kier molecular flexibility index (Phi) is 6.12. The van der Waals surface area contributed by atoms with E-state index in [0.29, 0.717) is 19.6 Å². The maximum Gasteiger partial charge on any atom is 0.308 e. The van der Waals surface area contributed by atoms with Gasteiger partial charge in [0.15, 0.2) is 0 Å². The van der Waals surface area contributed by atoms with Gasteiger partial charge in [0.05, 0.1) is 5.92 Å². The number of ether oxygens (including phenoxy) is 1. The summed E-state index contributed by atoms with van der Waals surface area (Å²) in [6.45, 7) is 5.10. The minimum atomic E-state index is -0.818. The third-order valence-electron chi connectivity index (χ3n) is 3.51. The van der Waals surface area contributed by atoms with E-state index in [-0.39, 0.29) is 18.6 Å². The summed E-state index contributed by atoms with van der Waals surface area (Å²) in [5, 5.41) is 8.99. The molecule has 1 aliphatic heterocycles. The van der Waals surface area contributed by atoms with Gasteiger partial charge in [-0.1, -0.05) is 19.8 Å². The molecule has 0 radical (unpaired) electrons. The number of nitrogens with zero attached hydrogens (tertiary/aromatic N) is 1. The van der Waals surface area contributed by atoms with Crippen molar-refractivity contribution >= 4 is 11.9 Å². The van der Waals surface area contributed by atoms with Gasteiger partial charge < -0.3 is 14.7 Å². The molecule has 104 valence electrons. The van der Waals surface area contributed by atoms with E-state index in [1.807, 2.05) is 0 Å². The van der Waals surface area contributed by atoms with Crippen LogP contribution < -0.4 is 0 Å². The monoisotopic (exact) mass is 257 g/mol. The Morgan fingerprint density at radius 1 is 1.39 bits per heavy atom. The summed E-state index contributed by atoms with van der Waals surface area (Å²) in [6.07, 6.45) is 3.74. The number of hydrogen-bond donors (Lipinski definition) is 1. The van der Waals surface area contributed by atoms with Crippen LogP contribution >= 0.6 is 0 Å². The zero-order valence-corrected chi connectivity index (χ0v) is 11.2. The Labute approximate surface area is 108 Å². The molecule has 0 bridgehead atoms. The van der Waals surface area contributed by atoms with E-state index >= 15 is 0 Å². The number of carbonyl (C=O) groups excluding carboxylic acids is 1. The zero-order chi connectivity index (χ0) is 13.5. The van der Waals surface area contributed by atoms with Crippen molar-refractivity contribution in [3.63, 3.8) is 0 Å². The van der Waals surface area contributed by atoms with Crippen LogP contribution in [0.1, 0.15) is 39.5 Å². The van der Waals surface area contributed by atoms with Gasteiger partial charge in [-0.05, 0) is 19.8 Å². The highest BCUT2D eigenvalue weighted by molar-refractivity contribution is 5.80. The molecule has 2 unspecified atom stereocenters. The molecule has 0 spiro atoms. The maximum absolute atomic E-state index is 11.9. The standard InChI is InChI=1S/C13H23NO4/c1-3-4-5-8-18-9-12(15)14-7-6-11(10(14)2)13(16)17/h10-11H,3-9H2,1-2H3,(H,16,17). The van der Waals surface area contributed by atoms with E-state index in [1.54, 1.807) is 11.8 Å². The van der Waals surface area contributed by atoms with Gasteiger partial charge in [-0.25, -0.2) is 0 Å². The quantitative estimate of drug-likeness (QED) is 0.702. The molecule has 1 saturated heterocycles. The molecule has 0 aromatic rings. The van der Waals surface area contributed by atoms with Gasteiger partial charge in [-0.3, -0.25) is 9.59 Å². The van der Waals surface area contributed by atoms with Crippen molar-refractivity contribution in [2.24, 2.45) is 5.92 Å². The van der Waals surface area contributed by atoms with Crippen molar-refractivity contribution in [1.29, 1.82) is 0 Å². The van der Waals surface area contributed by atoms with Crippen LogP contribution in [0.25, 0.3) is 0 Å². The maximum atomic E-state index is 11.9. The van der Waals surface area contributed by atoms with E-state index in [1.165, 1.54) is 0 Å². The highest BCUT2D eigenvalue weighted by atomic mass is 16.5. The molecule has 0 aromatic carbocycles. The lowest BCUT2D eigenvalue weighted by Crippen LogP contribution is -2.39. The first kappa shape index (κ1) is 15.0. The molecule has 5 nitrogen and oxygen atoms in total. The Morgan fingerprint density at radius 2 is 2.11 bits per heavy atom. The second-order valence-corrected chi connectivity index (χ2v) is 4.82. The molecule has 1 N–H and O–H groups in total. The van der Waals surface area contributed by atoms with Crippen LogP contribution in [0.15, 0.2) is 0 Å². The van der Waals surface area contributed by atoms with Crippen LogP contribution in [0.2, 0.25) is 0 Å². The lowest BCUT2D eigenvalue weighted by atomic mass is 10.0. The van der Waals surface area contributed by atoms with Crippen LogP contribution in [0, 0.1) is 5.92 Å². The first-order chi connectivity index (χ1) is 8.57. The number of unbranched alkanes of at least 4 members (excludes halogenated alkanes) is 2. The second kappa shape index (κ2) is 7.36. The first-order valence-electron chi connectivity index (χ1n) is 6.68. The van der Waals surface area contributed by atoms with Gasteiger partial charge >= 0.3 is 5.97 Å². The number of aliphatic carboxylic acids is 1. The fraction of sp³-hybridized carbons (Fsp3) is 0.846. The minimum Gasteiger partial charge on any atom is -0.481 e. The smallest absolute Gasteiger partial charge is 0.308 e. The summed E-state index contributed by atoms with van der Waals surface area (Å²) < 4.78 is 5.32. The molecular weight excluding hydrogens is 234 g/mol. The Hall–Kier alpha value is -1.10. The average molecular weight is 257 g/mol. The van der Waals surface area contributed by atoms with Gasteiger partial charge in [-0.2, -0.15) is 0 Å². The lowest BCUT2D eigenvalue weighted by molar-refractivity contribution is -0.143. The summed E-state index contributed by atoms with van der Waals surface area (Å²) in [4.78, 5) is 24.4. The number of hydrogen-bond acceptors (Lipinski definition) is 3. The normalized spacial score (nSPS) is 23.3. The molecule has 18 heavy (non-hydrogen) atoms. The number of carboxylic acids is 1. The lowest BCUT2D eigenvalue weighted by Gasteiger charge is -2.23. The number of carboxylic acid groups (broad SMARTS) is 1. The second-order valence-electron chi connectivity index (χ2n) is 4.82. The summed E-state index contributed by atoms with van der Waals surface area (Å²) in [5.74, 6) is -1.35. The van der Waals surface area contributed by atoms with Crippen molar-refractivity contribution in [1.82, 2.24) is 4.90 Å². The molecule has 0 aliphatic carbocycles. The van der Waals surface area contributed by atoms with Crippen molar-refractivity contribution in [2.45, 2.75) is 45.6 Å². The van der Waals surface area contributed by atoms with Crippen molar-refractivity contribution < 1.29 is 19.4 Å². The Morgan fingerprint density at radius 3 is 2.67 bits per heavy atom. The molecule has 1 aliphatic rings. The third kappa shape index (κ3) is 3.98. The van der Waals surface area contributed by atoms with Crippen LogP contribution in [-0.2, 0) is 14.3 Å². The molecule has 1 fully saturated rings. The van der Waals surface area contributed by atoms with Crippen LogP contribution in [-0.4, -0.2) is 47.7 Å². The summed E-state index contributed by atoms with van der Waals surface area (Å²) in [7, 11) is 0. The highest BCUT2D eigenvalue weighted by Crippen LogP contribution is 2.24. The van der Waals surface area contributed by atoms with Crippen LogP contribution in [0.5, 0.6) is 0 Å². The fourth-order valence-electron chi connectivity index (χ4n) is 2.32. The molecule has 0 saturated carbocycles. The average Bonchev–Trinajstić information content (AvgIpc) is 2.70. The predicted molar refractivity (Wildman–Crippen MR) is 67.3 cm³/mol. The zero-order valence-electron chi connectivity index (χ0n) is 11.2. The topological polar surface area (TPSA) is 66.8 Å². The van der Waals surface area contributed by atoms with Gasteiger partial charge in [0.2, 0.25) is 5.91 Å². The van der Waals surface area contributed by atoms with Crippen molar-refractivity contribution in [2.75, 3.05) is 19.8 Å². The van der Waals surface area contributed by atoms with Crippen LogP contribution in [0.4, 0.5) is 0 Å². The number of amides is 1. The summed E-state index contributed by atoms with van der Waals surface area (Å²) in [6, 6.07) is -0.228. The molecular formula is C13H23NO4. The first-order valence-corrected chi connectivity index (χ1v) is 6.68. The Balaban J connectivity index is 2.28. The highest BCUT2D eigenvalue weighted by Gasteiger charge is 2.37. The van der Waals surface area contributed by atoms with E-state index < -0.39 is 11.9 Å². The van der Waals surface area contributed by atoms with Gasteiger partial charge in [-0.15, -0.1) is 0 Å². The van der Waals surface area contributed by atoms with Gasteiger partial charge in [0, 0.05) is 19.2 Å². The number of rotatable bonds is 7. The predicted octanol–water partition coefficient (Wildman–Crippen LogP) is 1.51. The van der Waals surface area contributed by atoms with Crippen molar-refractivity contribution in [3.05, 3.63) is 0 Å². The Bertz CT molecular complexity index is 293. The molecule has 1 rings (SSSR count). The third-order valence-corrected chi connectivity index (χ3v) is 3.51. The molecule has 0 aromatic heterocycles. The van der Waals surface area contributed by atoms with Crippen molar-refractivity contribution in [3.8, 4) is 0 Å². The number of carbonyl (C=O) groups is 2. The SMILES string of the molecule is CCCCCOCC(=O)N1CCC(C(=O)O)C1C. The number of likely N-dealkylation sites (tertiary alicyclic amines) is 1. The summed E-state index contributed by atoms with van der Waals surface area (Å²) in [5.41, 5.74) is 0. The molecule has 1 amide bonds. The van der Waals surface area contributed by atoms with E-state index in [0.717, 1.165) is 19.3 Å². The molecule has 5 heteroatoms. The minimum absolute atomic E-state index is 0.0698. The summed E-state index contributed by atoms with van der Waals surface area (Å²) >= 11 is 0. The van der Waals surface area contributed by atoms with Crippen LogP contribution in [0.3, 0.4) is 0 Å². The largest absolute Gasteiger partial charge is 0.481 e.